The highest BCUT2D eigenvalue weighted by molar-refractivity contribution is 7.15. The number of aromatic carboxylic acids is 1. The lowest BCUT2D eigenvalue weighted by Crippen LogP contribution is -2.22. The summed E-state index contributed by atoms with van der Waals surface area (Å²) < 4.78 is 11.1. The van der Waals surface area contributed by atoms with E-state index in [1.165, 1.54) is 0 Å². The highest BCUT2D eigenvalue weighted by Crippen LogP contribution is 2.50. The van der Waals surface area contributed by atoms with E-state index in [0.29, 0.717) is 29.4 Å². The number of ether oxygens (including phenoxy) is 2. The van der Waals surface area contributed by atoms with Crippen LogP contribution in [0.1, 0.15) is 39.4 Å². The minimum absolute atomic E-state index is 0.161. The van der Waals surface area contributed by atoms with Gasteiger partial charge in [0.15, 0.2) is 18.1 Å². The van der Waals surface area contributed by atoms with E-state index in [-0.39, 0.29) is 29.7 Å². The van der Waals surface area contributed by atoms with Crippen molar-refractivity contribution in [1.82, 2.24) is 0 Å². The van der Waals surface area contributed by atoms with Crippen LogP contribution in [-0.2, 0) is 9.59 Å². The van der Waals surface area contributed by atoms with Crippen LogP contribution in [-0.4, -0.2) is 36.1 Å². The SMILES string of the molecule is CCOc1cc([C@@H]2CC(=O)Nc3c2sc(C(=O)O)c3-c2ccccc2)ccc1OCC(N)=O. The molecule has 1 atom stereocenters. The number of primary amides is 1. The molecule has 4 N–H and O–H groups in total. The largest absolute Gasteiger partial charge is 0.490 e. The molecular weight excluding hydrogens is 444 g/mol. The van der Waals surface area contributed by atoms with Gasteiger partial charge in [-0.2, -0.15) is 0 Å². The molecule has 2 aromatic carbocycles. The maximum atomic E-state index is 12.7. The van der Waals surface area contributed by atoms with Crippen molar-refractivity contribution in [2.24, 2.45) is 5.73 Å². The first kappa shape index (κ1) is 22.3. The van der Waals surface area contributed by atoms with Crippen molar-refractivity contribution >= 4 is 34.8 Å². The number of carbonyl (C=O) groups is 3. The molecule has 1 aromatic heterocycles. The Morgan fingerprint density at radius 2 is 1.91 bits per heavy atom. The van der Waals surface area contributed by atoms with Crippen LogP contribution in [0, 0.1) is 0 Å². The third-order valence-corrected chi connectivity index (χ3v) is 6.49. The van der Waals surface area contributed by atoms with Crippen LogP contribution < -0.4 is 20.5 Å². The number of benzene rings is 2. The fourth-order valence-electron chi connectivity index (χ4n) is 3.86. The number of rotatable bonds is 8. The van der Waals surface area contributed by atoms with E-state index >= 15 is 0 Å². The summed E-state index contributed by atoms with van der Waals surface area (Å²) in [5, 5.41) is 12.8. The standard InChI is InChI=1S/C24H22N2O6S/c1-2-31-17-10-14(8-9-16(17)32-12-18(25)27)15-11-19(28)26-21-20(13-6-4-3-5-7-13)23(24(29)30)33-22(15)21/h3-10,15H,2,11-12H2,1H3,(H2,25,27)(H,26,28)(H,29,30)/t15-/m0/s1. The van der Waals surface area contributed by atoms with Crippen molar-refractivity contribution in [3.63, 3.8) is 0 Å². The predicted octanol–water partition coefficient (Wildman–Crippen LogP) is 3.85. The number of hydrogen-bond donors (Lipinski definition) is 3. The molecule has 8 nitrogen and oxygen atoms in total. The quantitative estimate of drug-likeness (QED) is 0.463. The minimum Gasteiger partial charge on any atom is -0.490 e. The van der Waals surface area contributed by atoms with Gasteiger partial charge in [0.2, 0.25) is 5.91 Å². The van der Waals surface area contributed by atoms with Crippen molar-refractivity contribution < 1.29 is 29.0 Å². The Morgan fingerprint density at radius 3 is 2.58 bits per heavy atom. The molecule has 0 spiro atoms. The van der Waals surface area contributed by atoms with Crippen LogP contribution >= 0.6 is 11.3 Å². The zero-order valence-corrected chi connectivity index (χ0v) is 18.6. The first-order chi connectivity index (χ1) is 15.9. The van der Waals surface area contributed by atoms with E-state index in [1.54, 1.807) is 18.2 Å². The smallest absolute Gasteiger partial charge is 0.346 e. The Hall–Kier alpha value is -3.85. The fraction of sp³-hybridized carbons (Fsp3) is 0.208. The summed E-state index contributed by atoms with van der Waals surface area (Å²) in [6.45, 7) is 1.90. The number of thiophene rings is 1. The molecule has 2 amide bonds. The molecule has 9 heteroatoms. The van der Waals surface area contributed by atoms with Gasteiger partial charge in [0, 0.05) is 22.8 Å². The van der Waals surface area contributed by atoms with Crippen LogP contribution in [0.2, 0.25) is 0 Å². The fourth-order valence-corrected chi connectivity index (χ4v) is 5.11. The van der Waals surface area contributed by atoms with Crippen molar-refractivity contribution in [2.45, 2.75) is 19.3 Å². The van der Waals surface area contributed by atoms with Gasteiger partial charge in [-0.05, 0) is 30.2 Å². The van der Waals surface area contributed by atoms with E-state index in [4.69, 9.17) is 15.2 Å². The maximum Gasteiger partial charge on any atom is 0.346 e. The molecule has 0 unspecified atom stereocenters. The number of carboxylic acid groups (broad SMARTS) is 1. The Bertz CT molecular complexity index is 1220. The second-order valence-corrected chi connectivity index (χ2v) is 8.47. The van der Waals surface area contributed by atoms with Crippen molar-refractivity contribution in [2.75, 3.05) is 18.5 Å². The van der Waals surface area contributed by atoms with Gasteiger partial charge in [0.1, 0.15) is 4.88 Å². The summed E-state index contributed by atoms with van der Waals surface area (Å²) in [5.41, 5.74) is 7.70. The summed E-state index contributed by atoms with van der Waals surface area (Å²) in [6, 6.07) is 14.4. The molecule has 3 aromatic rings. The number of amides is 2. The van der Waals surface area contributed by atoms with Gasteiger partial charge >= 0.3 is 5.97 Å². The van der Waals surface area contributed by atoms with Crippen LogP contribution in [0.4, 0.5) is 5.69 Å². The molecule has 2 heterocycles. The van der Waals surface area contributed by atoms with E-state index in [9.17, 15) is 19.5 Å². The van der Waals surface area contributed by atoms with Crippen molar-refractivity contribution in [3.05, 3.63) is 63.8 Å². The minimum atomic E-state index is -1.05. The van der Waals surface area contributed by atoms with Crippen molar-refractivity contribution in [1.29, 1.82) is 0 Å². The summed E-state index contributed by atoms with van der Waals surface area (Å²) in [4.78, 5) is 36.8. The Morgan fingerprint density at radius 1 is 1.15 bits per heavy atom. The molecule has 1 aliphatic rings. The number of hydrogen-bond acceptors (Lipinski definition) is 6. The highest BCUT2D eigenvalue weighted by Gasteiger charge is 2.34. The molecule has 0 aliphatic carbocycles. The van der Waals surface area contributed by atoms with Crippen LogP contribution in [0.25, 0.3) is 11.1 Å². The van der Waals surface area contributed by atoms with Crippen LogP contribution in [0.15, 0.2) is 48.5 Å². The molecule has 0 radical (unpaired) electrons. The Balaban J connectivity index is 1.82. The molecular formula is C24H22N2O6S. The van der Waals surface area contributed by atoms with Crippen molar-refractivity contribution in [3.8, 4) is 22.6 Å². The van der Waals surface area contributed by atoms with E-state index in [0.717, 1.165) is 27.3 Å². The van der Waals surface area contributed by atoms with E-state index < -0.39 is 11.9 Å². The molecule has 33 heavy (non-hydrogen) atoms. The van der Waals surface area contributed by atoms with Crippen LogP contribution in [0.3, 0.4) is 0 Å². The van der Waals surface area contributed by atoms with Gasteiger partial charge in [-0.1, -0.05) is 36.4 Å². The second-order valence-electron chi connectivity index (χ2n) is 7.42. The number of nitrogens with two attached hydrogens (primary N) is 1. The molecule has 0 fully saturated rings. The lowest BCUT2D eigenvalue weighted by molar-refractivity contribution is -0.120. The van der Waals surface area contributed by atoms with Gasteiger partial charge in [0.05, 0.1) is 12.3 Å². The van der Waals surface area contributed by atoms with E-state index in [2.05, 4.69) is 5.32 Å². The first-order valence-electron chi connectivity index (χ1n) is 10.3. The van der Waals surface area contributed by atoms with E-state index in [1.807, 2.05) is 37.3 Å². The first-order valence-corrected chi connectivity index (χ1v) is 11.1. The Kier molecular flexibility index (Phi) is 6.32. The maximum absolute atomic E-state index is 12.7. The van der Waals surface area contributed by atoms with Gasteiger partial charge < -0.3 is 25.6 Å². The molecule has 4 rings (SSSR count). The Labute approximate surface area is 193 Å². The zero-order valence-electron chi connectivity index (χ0n) is 17.8. The normalized spacial score (nSPS) is 14.8. The average molecular weight is 467 g/mol. The number of carboxylic acids is 1. The number of anilines is 1. The molecule has 0 bridgehead atoms. The summed E-state index contributed by atoms with van der Waals surface area (Å²) in [5.74, 6) is -1.44. The lowest BCUT2D eigenvalue weighted by Gasteiger charge is -2.24. The third kappa shape index (κ3) is 4.54. The highest BCUT2D eigenvalue weighted by atomic mass is 32.1. The topological polar surface area (TPSA) is 128 Å². The van der Waals surface area contributed by atoms with Crippen LogP contribution in [0.5, 0.6) is 11.5 Å². The molecule has 170 valence electrons. The summed E-state index contributed by atoms with van der Waals surface area (Å²) in [6.07, 6.45) is 0.161. The predicted molar refractivity (Wildman–Crippen MR) is 124 cm³/mol. The van der Waals surface area contributed by atoms with Gasteiger partial charge in [0.25, 0.3) is 5.91 Å². The lowest BCUT2D eigenvalue weighted by atomic mass is 9.88. The zero-order chi connectivity index (χ0) is 23.5. The van der Waals surface area contributed by atoms with Gasteiger partial charge in [-0.15, -0.1) is 11.3 Å². The summed E-state index contributed by atoms with van der Waals surface area (Å²) in [7, 11) is 0. The molecule has 1 aliphatic heterocycles. The number of carbonyl (C=O) groups excluding carboxylic acids is 2. The second kappa shape index (κ2) is 9.33. The average Bonchev–Trinajstić information content (AvgIpc) is 3.18. The molecule has 0 saturated heterocycles. The monoisotopic (exact) mass is 466 g/mol. The summed E-state index contributed by atoms with van der Waals surface area (Å²) >= 11 is 1.16. The third-order valence-electron chi connectivity index (χ3n) is 5.20. The molecule has 0 saturated carbocycles. The number of nitrogens with one attached hydrogen (secondary N) is 1. The number of fused-ring (bicyclic) bond motifs is 1. The van der Waals surface area contributed by atoms with Gasteiger partial charge in [-0.3, -0.25) is 9.59 Å². The van der Waals surface area contributed by atoms with Gasteiger partial charge in [-0.25, -0.2) is 4.79 Å².